The molecule has 6 rings (SSSR count). The Morgan fingerprint density at radius 2 is 1.40 bits per heavy atom. The van der Waals surface area contributed by atoms with Gasteiger partial charge in [-0.05, 0) is 48.9 Å². The fraction of sp³-hybridized carbons (Fsp3) is 0.0741. The maximum atomic E-state index is 9.76. The normalized spacial score (nSPS) is 11.6. The van der Waals surface area contributed by atoms with Crippen LogP contribution in [0.4, 0.5) is 0 Å². The van der Waals surface area contributed by atoms with Crippen molar-refractivity contribution in [3.63, 3.8) is 0 Å². The second-order valence-corrected chi connectivity index (χ2v) is 7.89. The summed E-state index contributed by atoms with van der Waals surface area (Å²) in [6.07, 6.45) is 0. The van der Waals surface area contributed by atoms with Crippen LogP contribution < -0.4 is 0 Å². The lowest BCUT2D eigenvalue weighted by Crippen LogP contribution is -1.95. The summed E-state index contributed by atoms with van der Waals surface area (Å²) < 4.78 is 4.55. The van der Waals surface area contributed by atoms with Crippen LogP contribution in [0.1, 0.15) is 11.1 Å². The van der Waals surface area contributed by atoms with Gasteiger partial charge in [0, 0.05) is 39.8 Å². The molecule has 0 N–H and O–H groups in total. The largest absolute Gasteiger partial charge is 0.344 e. The zero-order valence-electron chi connectivity index (χ0n) is 16.8. The number of aryl methyl sites for hydroxylation is 2. The second-order valence-electron chi connectivity index (χ2n) is 7.89. The first-order chi connectivity index (χ1) is 14.7. The number of para-hydroxylation sites is 1. The van der Waals surface area contributed by atoms with Crippen LogP contribution in [0.3, 0.4) is 0 Å². The highest BCUT2D eigenvalue weighted by Gasteiger charge is 2.17. The van der Waals surface area contributed by atoms with E-state index in [0.29, 0.717) is 0 Å². The molecule has 0 aliphatic carbocycles. The van der Waals surface area contributed by atoms with Crippen molar-refractivity contribution in [2.45, 2.75) is 6.92 Å². The van der Waals surface area contributed by atoms with Gasteiger partial charge in [-0.2, -0.15) is 5.26 Å². The molecule has 6 aromatic rings. The average molecular weight is 385 g/mol. The Bertz CT molecular complexity index is 1670. The Labute approximate surface area is 174 Å². The molecule has 0 radical (unpaired) electrons. The molecule has 0 unspecified atom stereocenters. The van der Waals surface area contributed by atoms with E-state index >= 15 is 0 Å². The van der Waals surface area contributed by atoms with Gasteiger partial charge in [0.2, 0.25) is 0 Å². The molecular weight excluding hydrogens is 366 g/mol. The third-order valence-electron chi connectivity index (χ3n) is 6.30. The second kappa shape index (κ2) is 5.98. The third-order valence-corrected chi connectivity index (χ3v) is 6.30. The minimum atomic E-state index is 0.719. The fourth-order valence-electron chi connectivity index (χ4n) is 4.94. The summed E-state index contributed by atoms with van der Waals surface area (Å²) in [4.78, 5) is 0. The van der Waals surface area contributed by atoms with E-state index in [-0.39, 0.29) is 0 Å². The highest BCUT2D eigenvalue weighted by molar-refractivity contribution is 6.14. The number of nitriles is 1. The minimum absolute atomic E-state index is 0.719. The monoisotopic (exact) mass is 385 g/mol. The molecule has 0 aliphatic heterocycles. The van der Waals surface area contributed by atoms with E-state index in [1.54, 1.807) is 0 Å². The van der Waals surface area contributed by atoms with Gasteiger partial charge in [0.05, 0.1) is 28.2 Å². The Kier molecular flexibility index (Phi) is 3.37. The van der Waals surface area contributed by atoms with Crippen LogP contribution in [0.2, 0.25) is 0 Å². The predicted molar refractivity (Wildman–Crippen MR) is 124 cm³/mol. The quantitative estimate of drug-likeness (QED) is 0.313. The van der Waals surface area contributed by atoms with Crippen molar-refractivity contribution in [1.29, 1.82) is 5.26 Å². The SMILES string of the molecule is Cc1cccc2c1c1c(C#N)cccc1n2-c1ccc2c3ccccc3n(C)c2c1. The first-order valence-electron chi connectivity index (χ1n) is 10.1. The molecule has 2 aromatic heterocycles. The van der Waals surface area contributed by atoms with Crippen molar-refractivity contribution < 1.29 is 0 Å². The number of aromatic nitrogens is 2. The van der Waals surface area contributed by atoms with Crippen molar-refractivity contribution in [2.24, 2.45) is 7.05 Å². The number of fused-ring (bicyclic) bond motifs is 6. The predicted octanol–water partition coefficient (Wildman–Crippen LogP) is 6.61. The standard InChI is InChI=1S/C27H19N3/c1-17-7-5-11-23-26(17)27-18(16-28)8-6-12-24(27)30(23)19-13-14-21-20-9-3-4-10-22(20)29(2)25(21)15-19/h3-15H,1-2H3. The van der Waals surface area contributed by atoms with E-state index in [4.69, 9.17) is 0 Å². The average Bonchev–Trinajstić information content (AvgIpc) is 3.27. The molecule has 0 bridgehead atoms. The van der Waals surface area contributed by atoms with Crippen LogP contribution >= 0.6 is 0 Å². The van der Waals surface area contributed by atoms with Crippen LogP contribution in [0, 0.1) is 18.3 Å². The first kappa shape index (κ1) is 16.9. The van der Waals surface area contributed by atoms with Crippen molar-refractivity contribution >= 4 is 43.6 Å². The minimum Gasteiger partial charge on any atom is -0.344 e. The van der Waals surface area contributed by atoms with Gasteiger partial charge in [-0.3, -0.25) is 0 Å². The molecule has 0 spiro atoms. The third kappa shape index (κ3) is 2.08. The Morgan fingerprint density at radius 3 is 2.23 bits per heavy atom. The lowest BCUT2D eigenvalue weighted by Gasteiger charge is -2.09. The first-order valence-corrected chi connectivity index (χ1v) is 10.1. The van der Waals surface area contributed by atoms with Crippen molar-refractivity contribution in [2.75, 3.05) is 0 Å². The van der Waals surface area contributed by atoms with Gasteiger partial charge in [-0.1, -0.05) is 42.5 Å². The summed E-state index contributed by atoms with van der Waals surface area (Å²) in [7, 11) is 2.12. The van der Waals surface area contributed by atoms with E-state index in [1.807, 2.05) is 12.1 Å². The molecule has 0 atom stereocenters. The van der Waals surface area contributed by atoms with Gasteiger partial charge in [0.1, 0.15) is 0 Å². The van der Waals surface area contributed by atoms with Crippen LogP contribution in [0.15, 0.2) is 78.9 Å². The lowest BCUT2D eigenvalue weighted by molar-refractivity contribution is 1.01. The fourth-order valence-corrected chi connectivity index (χ4v) is 4.94. The Balaban J connectivity index is 1.78. The van der Waals surface area contributed by atoms with E-state index in [0.717, 1.165) is 33.1 Å². The van der Waals surface area contributed by atoms with E-state index in [2.05, 4.69) is 95.9 Å². The molecule has 0 saturated heterocycles. The van der Waals surface area contributed by atoms with Crippen LogP contribution in [-0.4, -0.2) is 9.13 Å². The topological polar surface area (TPSA) is 33.6 Å². The van der Waals surface area contributed by atoms with Crippen LogP contribution in [-0.2, 0) is 7.05 Å². The molecule has 30 heavy (non-hydrogen) atoms. The van der Waals surface area contributed by atoms with Crippen LogP contribution in [0.5, 0.6) is 0 Å². The molecular formula is C27H19N3. The molecule has 2 heterocycles. The number of rotatable bonds is 1. The maximum Gasteiger partial charge on any atom is 0.0998 e. The number of hydrogen-bond donors (Lipinski definition) is 0. The van der Waals surface area contributed by atoms with Crippen molar-refractivity contribution in [1.82, 2.24) is 9.13 Å². The van der Waals surface area contributed by atoms with E-state index < -0.39 is 0 Å². The molecule has 0 aliphatic rings. The number of benzene rings is 4. The van der Waals surface area contributed by atoms with Crippen molar-refractivity contribution in [3.8, 4) is 11.8 Å². The van der Waals surface area contributed by atoms with Crippen molar-refractivity contribution in [3.05, 3.63) is 90.0 Å². The molecule has 3 nitrogen and oxygen atoms in total. The summed E-state index contributed by atoms with van der Waals surface area (Å²) in [6.45, 7) is 2.12. The summed E-state index contributed by atoms with van der Waals surface area (Å²) in [6, 6.07) is 29.9. The van der Waals surface area contributed by atoms with Gasteiger partial charge >= 0.3 is 0 Å². The molecule has 0 saturated carbocycles. The molecule has 3 heteroatoms. The summed E-state index contributed by atoms with van der Waals surface area (Å²) in [5.74, 6) is 0. The molecule has 0 fully saturated rings. The smallest absolute Gasteiger partial charge is 0.0998 e. The summed E-state index contributed by atoms with van der Waals surface area (Å²) >= 11 is 0. The molecule has 142 valence electrons. The van der Waals surface area contributed by atoms with Crippen LogP contribution in [0.25, 0.3) is 49.3 Å². The molecule has 0 amide bonds. The highest BCUT2D eigenvalue weighted by atomic mass is 15.0. The Morgan fingerprint density at radius 1 is 0.700 bits per heavy atom. The Hall–Kier alpha value is -4.03. The number of hydrogen-bond acceptors (Lipinski definition) is 1. The van der Waals surface area contributed by atoms with Gasteiger partial charge in [0.25, 0.3) is 0 Å². The molecule has 4 aromatic carbocycles. The lowest BCUT2D eigenvalue weighted by atomic mass is 10.0. The van der Waals surface area contributed by atoms with E-state index in [1.165, 1.54) is 27.4 Å². The van der Waals surface area contributed by atoms with Gasteiger partial charge < -0.3 is 9.13 Å². The summed E-state index contributed by atoms with van der Waals surface area (Å²) in [5, 5.41) is 14.5. The number of nitrogens with zero attached hydrogens (tertiary/aromatic N) is 3. The zero-order valence-corrected chi connectivity index (χ0v) is 16.8. The van der Waals surface area contributed by atoms with Gasteiger partial charge in [-0.15, -0.1) is 0 Å². The highest BCUT2D eigenvalue weighted by Crippen LogP contribution is 2.37. The van der Waals surface area contributed by atoms with E-state index in [9.17, 15) is 5.26 Å². The van der Waals surface area contributed by atoms with Gasteiger partial charge in [-0.25, -0.2) is 0 Å². The van der Waals surface area contributed by atoms with Gasteiger partial charge in [0.15, 0.2) is 0 Å². The zero-order chi connectivity index (χ0) is 20.4. The summed E-state index contributed by atoms with van der Waals surface area (Å²) in [5.41, 5.74) is 7.64. The maximum absolute atomic E-state index is 9.76.